The summed E-state index contributed by atoms with van der Waals surface area (Å²) >= 11 is 9.41. The maximum atomic E-state index is 6.05. The normalized spacial score (nSPS) is 15.4. The monoisotopic (exact) mass is 298 g/mol. The molecule has 1 aliphatic rings. The molecule has 1 aliphatic carbocycles. The molecule has 0 N–H and O–H groups in total. The van der Waals surface area contributed by atoms with Gasteiger partial charge in [0.15, 0.2) is 5.82 Å². The van der Waals surface area contributed by atoms with Crippen molar-refractivity contribution < 1.29 is 0 Å². The van der Waals surface area contributed by atoms with Crippen molar-refractivity contribution in [2.45, 2.75) is 18.8 Å². The van der Waals surface area contributed by atoms with E-state index in [0.717, 1.165) is 16.0 Å². The van der Waals surface area contributed by atoms with Gasteiger partial charge in [0.2, 0.25) is 0 Å². The molecule has 0 bridgehead atoms. The number of tetrazole rings is 1. The van der Waals surface area contributed by atoms with E-state index in [4.69, 9.17) is 11.6 Å². The van der Waals surface area contributed by atoms with Gasteiger partial charge in [-0.1, -0.05) is 11.6 Å². The van der Waals surface area contributed by atoms with Gasteiger partial charge in [-0.3, -0.25) is 0 Å². The summed E-state index contributed by atoms with van der Waals surface area (Å²) < 4.78 is 2.63. The summed E-state index contributed by atoms with van der Waals surface area (Å²) in [6.45, 7) is 0. The Morgan fingerprint density at radius 1 is 1.38 bits per heavy atom. The number of hydrogen-bond donors (Lipinski definition) is 0. The molecule has 1 fully saturated rings. The number of rotatable bonds is 2. The number of benzene rings is 1. The lowest BCUT2D eigenvalue weighted by Gasteiger charge is -2.04. The van der Waals surface area contributed by atoms with Crippen LogP contribution in [0, 0.1) is 0 Å². The number of hydrogen-bond acceptors (Lipinski definition) is 3. The van der Waals surface area contributed by atoms with Crippen LogP contribution >= 0.6 is 27.5 Å². The number of nitrogens with zero attached hydrogens (tertiary/aromatic N) is 4. The Hall–Kier alpha value is -0.940. The summed E-state index contributed by atoms with van der Waals surface area (Å²) in [4.78, 5) is 0. The molecule has 0 saturated heterocycles. The molecule has 82 valence electrons. The van der Waals surface area contributed by atoms with Gasteiger partial charge in [-0.2, -0.15) is 4.68 Å². The smallest absolute Gasteiger partial charge is 0.159 e. The first-order valence-electron chi connectivity index (χ1n) is 4.99. The Bertz CT molecular complexity index is 535. The molecule has 1 aromatic carbocycles. The van der Waals surface area contributed by atoms with Crippen LogP contribution in [0.25, 0.3) is 5.69 Å². The van der Waals surface area contributed by atoms with Crippen molar-refractivity contribution in [2.24, 2.45) is 0 Å². The molecule has 0 unspecified atom stereocenters. The van der Waals surface area contributed by atoms with Crippen LogP contribution in [0.4, 0.5) is 0 Å². The molecule has 1 saturated carbocycles. The lowest BCUT2D eigenvalue weighted by Crippen LogP contribution is -2.01. The fourth-order valence-electron chi connectivity index (χ4n) is 1.59. The van der Waals surface area contributed by atoms with Crippen LogP contribution in [-0.2, 0) is 0 Å². The van der Waals surface area contributed by atoms with Crippen molar-refractivity contribution in [3.05, 3.63) is 33.5 Å². The lowest BCUT2D eigenvalue weighted by atomic mass is 10.3. The van der Waals surface area contributed by atoms with Crippen molar-refractivity contribution >= 4 is 27.5 Å². The Kier molecular flexibility index (Phi) is 2.44. The first-order valence-corrected chi connectivity index (χ1v) is 6.16. The highest BCUT2D eigenvalue weighted by Crippen LogP contribution is 2.39. The van der Waals surface area contributed by atoms with E-state index in [0.29, 0.717) is 10.9 Å². The minimum Gasteiger partial charge on any atom is -0.197 e. The average molecular weight is 300 g/mol. The largest absolute Gasteiger partial charge is 0.197 e. The summed E-state index contributed by atoms with van der Waals surface area (Å²) in [6.07, 6.45) is 2.34. The fourth-order valence-corrected chi connectivity index (χ4v) is 2.01. The highest BCUT2D eigenvalue weighted by Gasteiger charge is 2.29. The van der Waals surface area contributed by atoms with E-state index in [2.05, 4.69) is 31.5 Å². The van der Waals surface area contributed by atoms with Crippen LogP contribution in [-0.4, -0.2) is 20.2 Å². The second kappa shape index (κ2) is 3.82. The van der Waals surface area contributed by atoms with Crippen LogP contribution in [0.5, 0.6) is 0 Å². The van der Waals surface area contributed by atoms with Crippen LogP contribution < -0.4 is 0 Å². The van der Waals surface area contributed by atoms with Gasteiger partial charge in [0.05, 0.1) is 10.7 Å². The SMILES string of the molecule is Clc1cc(-n2nnnc2C2CC2)ccc1Br. The topological polar surface area (TPSA) is 43.6 Å². The molecular formula is C10H8BrClN4. The van der Waals surface area contributed by atoms with Gasteiger partial charge in [0.25, 0.3) is 0 Å². The molecule has 0 radical (unpaired) electrons. The minimum absolute atomic E-state index is 0.512. The van der Waals surface area contributed by atoms with Crippen LogP contribution in [0.3, 0.4) is 0 Å². The second-order valence-corrected chi connectivity index (χ2v) is 5.08. The zero-order valence-corrected chi connectivity index (χ0v) is 10.6. The molecular weight excluding hydrogens is 291 g/mol. The van der Waals surface area contributed by atoms with Crippen molar-refractivity contribution in [1.29, 1.82) is 0 Å². The third-order valence-corrected chi connectivity index (χ3v) is 3.82. The van der Waals surface area contributed by atoms with Gasteiger partial charge < -0.3 is 0 Å². The Morgan fingerprint density at radius 2 is 2.19 bits per heavy atom. The molecule has 16 heavy (non-hydrogen) atoms. The van der Waals surface area contributed by atoms with E-state index >= 15 is 0 Å². The molecule has 1 aromatic heterocycles. The molecule has 0 spiro atoms. The zero-order valence-electron chi connectivity index (χ0n) is 8.27. The molecule has 0 atom stereocenters. The van der Waals surface area contributed by atoms with Crippen molar-refractivity contribution in [1.82, 2.24) is 20.2 Å². The van der Waals surface area contributed by atoms with Crippen LogP contribution in [0.2, 0.25) is 5.02 Å². The minimum atomic E-state index is 0.512. The van der Waals surface area contributed by atoms with Gasteiger partial charge >= 0.3 is 0 Å². The molecule has 6 heteroatoms. The van der Waals surface area contributed by atoms with Gasteiger partial charge in [-0.15, -0.1) is 5.10 Å². The van der Waals surface area contributed by atoms with Gasteiger partial charge in [-0.25, -0.2) is 0 Å². The maximum absolute atomic E-state index is 6.05. The summed E-state index contributed by atoms with van der Waals surface area (Å²) in [7, 11) is 0. The third kappa shape index (κ3) is 1.74. The van der Waals surface area contributed by atoms with E-state index in [1.165, 1.54) is 12.8 Å². The van der Waals surface area contributed by atoms with Gasteiger partial charge in [0, 0.05) is 10.4 Å². The summed E-state index contributed by atoms with van der Waals surface area (Å²) in [5, 5.41) is 12.4. The molecule has 0 amide bonds. The third-order valence-electron chi connectivity index (χ3n) is 2.58. The highest BCUT2D eigenvalue weighted by molar-refractivity contribution is 9.10. The molecule has 2 aromatic rings. The molecule has 3 rings (SSSR count). The van der Waals surface area contributed by atoms with Crippen molar-refractivity contribution in [3.63, 3.8) is 0 Å². The predicted molar refractivity (Wildman–Crippen MR) is 63.8 cm³/mol. The lowest BCUT2D eigenvalue weighted by molar-refractivity contribution is 0.763. The predicted octanol–water partition coefficient (Wildman–Crippen LogP) is 2.96. The highest BCUT2D eigenvalue weighted by atomic mass is 79.9. The standard InChI is InChI=1S/C10H8BrClN4/c11-8-4-3-7(5-9(8)12)16-10(6-1-2-6)13-14-15-16/h3-6H,1-2H2. The first kappa shape index (κ1) is 10.2. The maximum Gasteiger partial charge on any atom is 0.159 e. The van der Waals surface area contributed by atoms with E-state index in [9.17, 15) is 0 Å². The van der Waals surface area contributed by atoms with Crippen molar-refractivity contribution in [3.8, 4) is 5.69 Å². The summed E-state index contributed by atoms with van der Waals surface area (Å²) in [5.74, 6) is 1.44. The van der Waals surface area contributed by atoms with E-state index < -0.39 is 0 Å². The second-order valence-electron chi connectivity index (χ2n) is 3.82. The van der Waals surface area contributed by atoms with Gasteiger partial charge in [-0.05, 0) is 57.4 Å². The van der Waals surface area contributed by atoms with E-state index in [1.54, 1.807) is 4.68 Å². The summed E-state index contributed by atoms with van der Waals surface area (Å²) in [5.41, 5.74) is 0.903. The summed E-state index contributed by atoms with van der Waals surface area (Å²) in [6, 6.07) is 5.70. The van der Waals surface area contributed by atoms with Crippen LogP contribution in [0.1, 0.15) is 24.6 Å². The molecule has 4 nitrogen and oxygen atoms in total. The fraction of sp³-hybridized carbons (Fsp3) is 0.300. The average Bonchev–Trinajstić information content (AvgIpc) is 3.01. The first-order chi connectivity index (χ1) is 7.75. The Labute approximate surface area is 106 Å². The zero-order chi connectivity index (χ0) is 11.1. The molecule has 1 heterocycles. The molecule has 0 aliphatic heterocycles. The van der Waals surface area contributed by atoms with Crippen molar-refractivity contribution in [2.75, 3.05) is 0 Å². The van der Waals surface area contributed by atoms with Crippen LogP contribution in [0.15, 0.2) is 22.7 Å². The number of aromatic nitrogens is 4. The Morgan fingerprint density at radius 3 is 2.88 bits per heavy atom. The van der Waals surface area contributed by atoms with E-state index in [1.807, 2.05) is 18.2 Å². The van der Waals surface area contributed by atoms with Gasteiger partial charge in [0.1, 0.15) is 0 Å². The van der Waals surface area contributed by atoms with E-state index in [-0.39, 0.29) is 0 Å². The number of halogens is 2. The Balaban J connectivity index is 2.07. The quantitative estimate of drug-likeness (QED) is 0.856.